The zero-order valence-corrected chi connectivity index (χ0v) is 43.7. The standard InChI is InChI=1S/C68H45N6O.Pt/c1-44-38-67(69-42-56(44)68-63(72-57-27-11-6-22-50(57)51-23-7-12-28-58(51)72)32-17-33-64(68)73-59-29-13-8-24-52(59)53-25-9-14-30-60(53)73)74-61-31-15-10-26-54(61)55-36-35-49(41-65(55)74)75-48-21-16-20-47(40-48)71-43-70(2)62-37-34-46(39-66(62)71)45-18-4-3-5-19-45;/h3-39,42-43H,1-2H3;/q-3;. The average molecular weight is 1160 g/mol. The molecule has 0 atom stereocenters. The van der Waals surface area contributed by atoms with Gasteiger partial charge in [-0.05, 0) is 96.7 Å². The molecular weight excluding hydrogens is 1110 g/mol. The molecule has 8 heteroatoms. The molecule has 7 nitrogen and oxygen atoms in total. The van der Waals surface area contributed by atoms with Gasteiger partial charge >= 0.3 is 0 Å². The Kier molecular flexibility index (Phi) is 10.8. The second-order valence-corrected chi connectivity index (χ2v) is 19.4. The van der Waals surface area contributed by atoms with Crippen LogP contribution in [0.1, 0.15) is 5.56 Å². The maximum Gasteiger partial charge on any atom is 0.135 e. The number of hydrogen-bond donors (Lipinski definition) is 0. The van der Waals surface area contributed by atoms with Crippen molar-refractivity contribution in [1.82, 2.24) is 18.7 Å². The van der Waals surface area contributed by atoms with Gasteiger partial charge in [-0.3, -0.25) is 0 Å². The third-order valence-corrected chi connectivity index (χ3v) is 15.1. The van der Waals surface area contributed by atoms with E-state index < -0.39 is 0 Å². The molecule has 0 bridgehead atoms. The molecule has 0 saturated heterocycles. The maximum atomic E-state index is 6.70. The van der Waals surface area contributed by atoms with Crippen LogP contribution in [0.25, 0.3) is 105 Å². The summed E-state index contributed by atoms with van der Waals surface area (Å²) in [6.07, 6.45) is 2.07. The van der Waals surface area contributed by atoms with Crippen LogP contribution in [0.15, 0.2) is 231 Å². The van der Waals surface area contributed by atoms with Gasteiger partial charge in [-0.1, -0.05) is 139 Å². The van der Waals surface area contributed by atoms with Crippen LogP contribution >= 0.6 is 0 Å². The van der Waals surface area contributed by atoms with Crippen molar-refractivity contribution in [2.75, 3.05) is 16.8 Å². The van der Waals surface area contributed by atoms with E-state index in [0.717, 1.165) is 100 Å². The van der Waals surface area contributed by atoms with Crippen LogP contribution < -0.4 is 14.5 Å². The number of anilines is 3. The van der Waals surface area contributed by atoms with Crippen LogP contribution in [-0.2, 0) is 21.1 Å². The smallest absolute Gasteiger partial charge is 0.135 e. The van der Waals surface area contributed by atoms with E-state index in [1.165, 1.54) is 27.1 Å². The molecule has 0 saturated carbocycles. The van der Waals surface area contributed by atoms with Gasteiger partial charge in [0.05, 0.1) is 33.4 Å². The van der Waals surface area contributed by atoms with E-state index in [4.69, 9.17) is 9.72 Å². The van der Waals surface area contributed by atoms with Gasteiger partial charge in [0.2, 0.25) is 0 Å². The topological polar surface area (TPSA) is 43.4 Å². The van der Waals surface area contributed by atoms with Crippen molar-refractivity contribution in [3.05, 3.63) is 255 Å². The number of benzene rings is 10. The summed E-state index contributed by atoms with van der Waals surface area (Å²) < 4.78 is 13.8. The van der Waals surface area contributed by atoms with Crippen molar-refractivity contribution in [3.63, 3.8) is 0 Å². The van der Waals surface area contributed by atoms with Crippen LogP contribution in [0.3, 0.4) is 0 Å². The van der Waals surface area contributed by atoms with Crippen molar-refractivity contribution in [2.45, 2.75) is 6.92 Å². The Bertz CT molecular complexity index is 4370. The van der Waals surface area contributed by atoms with Gasteiger partial charge in [-0.15, -0.1) is 41.4 Å². The molecule has 366 valence electrons. The van der Waals surface area contributed by atoms with E-state index in [1.54, 1.807) is 0 Å². The predicted octanol–water partition coefficient (Wildman–Crippen LogP) is 17.1. The van der Waals surface area contributed by atoms with Gasteiger partial charge in [-0.25, -0.2) is 4.98 Å². The van der Waals surface area contributed by atoms with Crippen molar-refractivity contribution in [1.29, 1.82) is 0 Å². The first-order valence-electron chi connectivity index (χ1n) is 25.3. The number of aryl methyl sites for hydroxylation is 1. The molecule has 4 aromatic heterocycles. The number of rotatable bonds is 8. The number of para-hydroxylation sites is 5. The number of ether oxygens (including phenoxy) is 1. The summed E-state index contributed by atoms with van der Waals surface area (Å²) in [6, 6.07) is 86.9. The summed E-state index contributed by atoms with van der Waals surface area (Å²) in [5.74, 6) is 1.96. The van der Waals surface area contributed by atoms with Gasteiger partial charge in [0.1, 0.15) is 5.82 Å². The Hall–Kier alpha value is -9.16. The first-order valence-corrected chi connectivity index (χ1v) is 25.3. The predicted molar refractivity (Wildman–Crippen MR) is 308 cm³/mol. The minimum Gasteiger partial charge on any atom is -0.509 e. The molecule has 1 aliphatic rings. The Labute approximate surface area is 454 Å². The fraction of sp³-hybridized carbons (Fsp3) is 0.0294. The number of fused-ring (bicyclic) bond motifs is 10. The van der Waals surface area contributed by atoms with Crippen LogP contribution in [0.2, 0.25) is 0 Å². The monoisotopic (exact) mass is 1160 g/mol. The number of hydrogen-bond acceptors (Lipinski definition) is 4. The molecule has 0 unspecified atom stereocenters. The molecular formula is C68H45N6OPt-3. The van der Waals surface area contributed by atoms with Gasteiger partial charge in [0.15, 0.2) is 0 Å². The molecule has 1 aliphatic heterocycles. The first kappa shape index (κ1) is 45.5. The van der Waals surface area contributed by atoms with E-state index >= 15 is 0 Å². The summed E-state index contributed by atoms with van der Waals surface area (Å²) in [6.45, 7) is 4.31. The van der Waals surface area contributed by atoms with E-state index in [9.17, 15) is 0 Å². The maximum absolute atomic E-state index is 6.70. The molecule has 15 rings (SSSR count). The SMILES string of the molecule is Cc1cc(-n2c3[c-]c(Oc4[c-]c(N5[CH-]N(C)c6ccc(-c7ccccc7)cc65)ccc4)ccc3c3ccccc32)ncc1-c1c(-n2c3ccccc3c3ccccc32)cccc1-n1c2ccccc2c2ccccc21.[Pt]. The summed E-state index contributed by atoms with van der Waals surface area (Å²) in [5.41, 5.74) is 17.3. The zero-order valence-electron chi connectivity index (χ0n) is 41.4. The Morgan fingerprint density at radius 2 is 0.961 bits per heavy atom. The number of aromatic nitrogens is 4. The molecule has 10 aromatic carbocycles. The Morgan fingerprint density at radius 3 is 1.55 bits per heavy atom. The quantitative estimate of drug-likeness (QED) is 0.142. The van der Waals surface area contributed by atoms with Gasteiger partial charge in [0, 0.05) is 88.3 Å². The zero-order chi connectivity index (χ0) is 49.7. The van der Waals surface area contributed by atoms with Crippen LogP contribution in [0.4, 0.5) is 17.1 Å². The van der Waals surface area contributed by atoms with Crippen molar-refractivity contribution < 1.29 is 25.8 Å². The van der Waals surface area contributed by atoms with Gasteiger partial charge < -0.3 is 28.2 Å². The number of nitrogens with zero attached hydrogens (tertiary/aromatic N) is 6. The summed E-state index contributed by atoms with van der Waals surface area (Å²) in [5, 5.41) is 7.02. The average Bonchev–Trinajstić information content (AvgIpc) is 4.30. The van der Waals surface area contributed by atoms with E-state index in [1.807, 2.05) is 24.3 Å². The largest absolute Gasteiger partial charge is 0.509 e. The van der Waals surface area contributed by atoms with Crippen LogP contribution in [-0.4, -0.2) is 25.7 Å². The van der Waals surface area contributed by atoms with Gasteiger partial charge in [0.25, 0.3) is 0 Å². The summed E-state index contributed by atoms with van der Waals surface area (Å²) >= 11 is 0. The normalized spacial score (nSPS) is 12.4. The van der Waals surface area contributed by atoms with Crippen molar-refractivity contribution >= 4 is 82.5 Å². The second-order valence-electron chi connectivity index (χ2n) is 19.4. The number of pyridine rings is 1. The molecule has 5 heterocycles. The van der Waals surface area contributed by atoms with E-state index in [2.05, 4.69) is 263 Å². The van der Waals surface area contributed by atoms with Crippen molar-refractivity contribution in [2.24, 2.45) is 0 Å². The summed E-state index contributed by atoms with van der Waals surface area (Å²) in [7, 11) is 2.07. The third kappa shape index (κ3) is 7.11. The molecule has 0 amide bonds. The minimum atomic E-state index is 0. The van der Waals surface area contributed by atoms with E-state index in [0.29, 0.717) is 11.5 Å². The molecule has 14 aromatic rings. The first-order chi connectivity index (χ1) is 37.0. The molecule has 0 N–H and O–H groups in total. The fourth-order valence-electron chi connectivity index (χ4n) is 11.7. The molecule has 0 fully saturated rings. The third-order valence-electron chi connectivity index (χ3n) is 15.1. The molecule has 76 heavy (non-hydrogen) atoms. The Balaban J connectivity index is 0.00000528. The molecule has 0 aliphatic carbocycles. The molecule has 0 radical (unpaired) electrons. The van der Waals surface area contributed by atoms with Crippen LogP contribution in [0.5, 0.6) is 11.5 Å². The molecule has 0 spiro atoms. The summed E-state index contributed by atoms with van der Waals surface area (Å²) in [4.78, 5) is 9.75. The second kappa shape index (κ2) is 18.0. The minimum absolute atomic E-state index is 0. The van der Waals surface area contributed by atoms with Crippen LogP contribution in [0, 0.1) is 25.7 Å². The van der Waals surface area contributed by atoms with E-state index in [-0.39, 0.29) is 21.1 Å². The van der Waals surface area contributed by atoms with Crippen molar-refractivity contribution in [3.8, 4) is 50.9 Å². The Morgan fingerprint density at radius 1 is 0.434 bits per heavy atom. The fourth-order valence-corrected chi connectivity index (χ4v) is 11.7. The van der Waals surface area contributed by atoms with Gasteiger partial charge in [-0.2, -0.15) is 18.8 Å².